The van der Waals surface area contributed by atoms with Crippen LogP contribution in [0.3, 0.4) is 0 Å². The Balaban J connectivity index is 1.99. The van der Waals surface area contributed by atoms with E-state index in [0.717, 1.165) is 0 Å². The standard InChI is InChI=1S/C18H12Br2N2O5/c19-12-4-8(5-13(20)16(12)24)3-11-10-6-9(18(26)27-7-15(21)23)1-2-14(10)22-17(11)25/h1-6,24H,7H2,(H2,21,23)(H,22,25). The van der Waals surface area contributed by atoms with E-state index in [4.69, 9.17) is 10.5 Å². The van der Waals surface area contributed by atoms with Gasteiger partial charge in [-0.25, -0.2) is 4.79 Å². The van der Waals surface area contributed by atoms with Gasteiger partial charge in [-0.3, -0.25) is 9.59 Å². The van der Waals surface area contributed by atoms with E-state index in [1.54, 1.807) is 24.3 Å². The number of rotatable bonds is 4. The molecule has 0 fully saturated rings. The predicted octanol–water partition coefficient (Wildman–Crippen LogP) is 3.05. The third-order valence-electron chi connectivity index (χ3n) is 3.73. The van der Waals surface area contributed by atoms with Gasteiger partial charge in [0.05, 0.1) is 14.5 Å². The molecule has 1 aliphatic heterocycles. The molecule has 0 saturated heterocycles. The highest BCUT2D eigenvalue weighted by atomic mass is 79.9. The maximum absolute atomic E-state index is 12.3. The lowest BCUT2D eigenvalue weighted by atomic mass is 10.0. The monoisotopic (exact) mass is 494 g/mol. The molecular formula is C18H12Br2N2O5. The molecule has 4 N–H and O–H groups in total. The molecule has 138 valence electrons. The van der Waals surface area contributed by atoms with Crippen LogP contribution in [0.15, 0.2) is 39.3 Å². The second-order valence-electron chi connectivity index (χ2n) is 5.65. The summed E-state index contributed by atoms with van der Waals surface area (Å²) in [5.41, 5.74) is 7.23. The normalized spacial score (nSPS) is 14.0. The van der Waals surface area contributed by atoms with Crippen LogP contribution in [0.5, 0.6) is 5.75 Å². The van der Waals surface area contributed by atoms with Gasteiger partial charge in [0.1, 0.15) is 5.75 Å². The fraction of sp³-hybridized carbons (Fsp3) is 0.0556. The zero-order valence-electron chi connectivity index (χ0n) is 13.6. The summed E-state index contributed by atoms with van der Waals surface area (Å²) in [4.78, 5) is 35.1. The Bertz CT molecular complexity index is 994. The summed E-state index contributed by atoms with van der Waals surface area (Å²) in [5, 5.41) is 12.5. The number of fused-ring (bicyclic) bond motifs is 1. The number of phenolic OH excluding ortho intramolecular Hbond substituents is 1. The summed E-state index contributed by atoms with van der Waals surface area (Å²) < 4.78 is 5.72. The van der Waals surface area contributed by atoms with Crippen molar-refractivity contribution in [2.75, 3.05) is 11.9 Å². The minimum absolute atomic E-state index is 0.0490. The molecule has 7 nitrogen and oxygen atoms in total. The third kappa shape index (κ3) is 4.04. The van der Waals surface area contributed by atoms with Gasteiger partial charge in [0.15, 0.2) is 6.61 Å². The van der Waals surface area contributed by atoms with E-state index < -0.39 is 18.5 Å². The molecule has 0 aromatic heterocycles. The summed E-state index contributed by atoms with van der Waals surface area (Å²) >= 11 is 6.49. The molecule has 1 heterocycles. The molecule has 9 heteroatoms. The van der Waals surface area contributed by atoms with Gasteiger partial charge >= 0.3 is 5.97 Å². The average molecular weight is 496 g/mol. The number of benzene rings is 2. The first kappa shape index (κ1) is 19.1. The lowest BCUT2D eigenvalue weighted by molar-refractivity contribution is -0.121. The van der Waals surface area contributed by atoms with Crippen molar-refractivity contribution >= 4 is 67.0 Å². The number of esters is 1. The van der Waals surface area contributed by atoms with Crippen LogP contribution in [0.4, 0.5) is 5.69 Å². The number of nitrogens with one attached hydrogen (secondary N) is 1. The first-order chi connectivity index (χ1) is 12.8. The number of nitrogens with two attached hydrogens (primary N) is 1. The Morgan fingerprint density at radius 1 is 1.19 bits per heavy atom. The molecule has 1 aliphatic rings. The van der Waals surface area contributed by atoms with Crippen LogP contribution in [-0.2, 0) is 14.3 Å². The van der Waals surface area contributed by atoms with Gasteiger partial charge in [0.2, 0.25) is 0 Å². The molecule has 2 amide bonds. The molecule has 0 bridgehead atoms. The van der Waals surface area contributed by atoms with Crippen LogP contribution in [0.2, 0.25) is 0 Å². The zero-order valence-corrected chi connectivity index (χ0v) is 16.8. The van der Waals surface area contributed by atoms with Crippen LogP contribution in [0, 0.1) is 0 Å². The highest BCUT2D eigenvalue weighted by Crippen LogP contribution is 2.37. The van der Waals surface area contributed by atoms with Crippen LogP contribution in [-0.4, -0.2) is 29.5 Å². The van der Waals surface area contributed by atoms with E-state index >= 15 is 0 Å². The average Bonchev–Trinajstić information content (AvgIpc) is 2.92. The van der Waals surface area contributed by atoms with Crippen molar-refractivity contribution in [2.45, 2.75) is 0 Å². The van der Waals surface area contributed by atoms with Crippen molar-refractivity contribution in [3.8, 4) is 5.75 Å². The van der Waals surface area contributed by atoms with Crippen LogP contribution >= 0.6 is 31.9 Å². The second kappa shape index (κ2) is 7.53. The first-order valence-corrected chi connectivity index (χ1v) is 9.16. The quantitative estimate of drug-likeness (QED) is 0.445. The molecule has 0 radical (unpaired) electrons. The fourth-order valence-corrected chi connectivity index (χ4v) is 3.74. The highest BCUT2D eigenvalue weighted by molar-refractivity contribution is 9.11. The predicted molar refractivity (Wildman–Crippen MR) is 106 cm³/mol. The molecule has 2 aromatic carbocycles. The SMILES string of the molecule is NC(=O)COC(=O)c1ccc2c(c1)C(=Cc1cc(Br)c(O)c(Br)c1)C(=O)N2. The van der Waals surface area contributed by atoms with Crippen molar-refractivity contribution in [1.29, 1.82) is 0 Å². The Labute approximate surface area is 170 Å². The van der Waals surface area contributed by atoms with Crippen molar-refractivity contribution in [1.82, 2.24) is 0 Å². The maximum atomic E-state index is 12.3. The lowest BCUT2D eigenvalue weighted by Gasteiger charge is -2.06. The molecule has 0 spiro atoms. The van der Waals surface area contributed by atoms with Gasteiger partial charge in [0, 0.05) is 16.8 Å². The van der Waals surface area contributed by atoms with Crippen molar-refractivity contribution in [3.05, 3.63) is 56.0 Å². The van der Waals surface area contributed by atoms with Gasteiger partial charge < -0.3 is 20.9 Å². The Morgan fingerprint density at radius 3 is 2.48 bits per heavy atom. The number of hydrogen-bond donors (Lipinski definition) is 3. The minimum Gasteiger partial charge on any atom is -0.506 e. The van der Waals surface area contributed by atoms with Crippen molar-refractivity contribution in [2.24, 2.45) is 5.73 Å². The molecule has 0 unspecified atom stereocenters. The molecule has 3 rings (SSSR count). The number of carbonyl (C=O) groups is 3. The fourth-order valence-electron chi connectivity index (χ4n) is 2.51. The molecule has 0 aliphatic carbocycles. The van der Waals surface area contributed by atoms with Gasteiger partial charge in [-0.2, -0.15) is 0 Å². The van der Waals surface area contributed by atoms with Gasteiger partial charge in [-0.05, 0) is 73.8 Å². The Hall–Kier alpha value is -2.65. The number of ether oxygens (including phenoxy) is 1. The number of anilines is 1. The van der Waals surface area contributed by atoms with Gasteiger partial charge in [0.25, 0.3) is 11.8 Å². The van der Waals surface area contributed by atoms with Crippen molar-refractivity contribution < 1.29 is 24.2 Å². The number of amides is 2. The van der Waals surface area contributed by atoms with Gasteiger partial charge in [-0.15, -0.1) is 0 Å². The minimum atomic E-state index is -0.759. The van der Waals surface area contributed by atoms with Crippen molar-refractivity contribution in [3.63, 3.8) is 0 Å². The summed E-state index contributed by atoms with van der Waals surface area (Å²) in [6.45, 7) is -0.522. The third-order valence-corrected chi connectivity index (χ3v) is 4.94. The van der Waals surface area contributed by atoms with E-state index in [1.807, 2.05) is 0 Å². The molecular weight excluding hydrogens is 484 g/mol. The summed E-state index contributed by atoms with van der Waals surface area (Å²) in [6.07, 6.45) is 1.63. The summed E-state index contributed by atoms with van der Waals surface area (Å²) in [6, 6.07) is 7.89. The van der Waals surface area contributed by atoms with E-state index in [0.29, 0.717) is 31.3 Å². The second-order valence-corrected chi connectivity index (χ2v) is 7.36. The molecule has 0 saturated carbocycles. The van der Waals surface area contributed by atoms with E-state index in [2.05, 4.69) is 37.2 Å². The Morgan fingerprint density at radius 2 is 1.85 bits per heavy atom. The number of carbonyl (C=O) groups excluding carboxylic acids is 3. The zero-order chi connectivity index (χ0) is 19.7. The maximum Gasteiger partial charge on any atom is 0.338 e. The number of halogens is 2. The molecule has 27 heavy (non-hydrogen) atoms. The van der Waals surface area contributed by atoms with E-state index in [-0.39, 0.29) is 17.2 Å². The van der Waals surface area contributed by atoms with Crippen LogP contribution < -0.4 is 11.1 Å². The molecule has 2 aromatic rings. The Kier molecular flexibility index (Phi) is 5.33. The summed E-state index contributed by atoms with van der Waals surface area (Å²) in [7, 11) is 0. The number of phenols is 1. The van der Waals surface area contributed by atoms with E-state index in [9.17, 15) is 19.5 Å². The van der Waals surface area contributed by atoms with Gasteiger partial charge in [-0.1, -0.05) is 0 Å². The molecule has 0 atom stereocenters. The number of hydrogen-bond acceptors (Lipinski definition) is 5. The smallest absolute Gasteiger partial charge is 0.338 e. The largest absolute Gasteiger partial charge is 0.506 e. The van der Waals surface area contributed by atoms with Crippen LogP contribution in [0.1, 0.15) is 21.5 Å². The van der Waals surface area contributed by atoms with Crippen LogP contribution in [0.25, 0.3) is 11.6 Å². The van der Waals surface area contributed by atoms with E-state index in [1.165, 1.54) is 12.1 Å². The number of aromatic hydroxyl groups is 1. The topological polar surface area (TPSA) is 119 Å². The summed E-state index contributed by atoms with van der Waals surface area (Å²) in [5.74, 6) is -1.75. The number of primary amides is 1. The first-order valence-electron chi connectivity index (χ1n) is 7.57. The highest BCUT2D eigenvalue weighted by Gasteiger charge is 2.26. The lowest BCUT2D eigenvalue weighted by Crippen LogP contribution is -2.20.